The molecule has 8 heteroatoms. The van der Waals surface area contributed by atoms with Crippen molar-refractivity contribution in [3.8, 4) is 16.9 Å². The van der Waals surface area contributed by atoms with Gasteiger partial charge in [0.25, 0.3) is 5.91 Å². The molecule has 0 saturated carbocycles. The first-order chi connectivity index (χ1) is 13.6. The number of hydrogen-bond donors (Lipinski definition) is 2. The van der Waals surface area contributed by atoms with Crippen LogP contribution in [0.2, 0.25) is 0 Å². The minimum absolute atomic E-state index is 0.209. The number of amides is 2. The summed E-state index contributed by atoms with van der Waals surface area (Å²) in [5.74, 6) is -0.209. The highest BCUT2D eigenvalue weighted by molar-refractivity contribution is 8.26. The fourth-order valence-corrected chi connectivity index (χ4v) is 3.82. The largest absolute Gasteiger partial charge is 0.329 e. The van der Waals surface area contributed by atoms with Crippen molar-refractivity contribution in [2.45, 2.75) is 0 Å². The molecule has 2 N–H and O–H groups in total. The van der Waals surface area contributed by atoms with E-state index in [1.165, 1.54) is 11.8 Å². The first-order valence-electron chi connectivity index (χ1n) is 8.34. The number of nitrogens with zero attached hydrogens (tertiary/aromatic N) is 2. The summed E-state index contributed by atoms with van der Waals surface area (Å²) in [4.78, 5) is 23.2. The van der Waals surface area contributed by atoms with Gasteiger partial charge in [0.2, 0.25) is 6.41 Å². The SMILES string of the molecule is O=CNc1ccc(-c2nn(-c3ccccc3)cc2/C=C2\SC(=S)NC2=O)cc1. The van der Waals surface area contributed by atoms with E-state index < -0.39 is 0 Å². The van der Waals surface area contributed by atoms with E-state index in [0.29, 0.717) is 21.3 Å². The molecule has 1 aliphatic rings. The second-order valence-electron chi connectivity index (χ2n) is 5.90. The van der Waals surface area contributed by atoms with Gasteiger partial charge in [0.05, 0.1) is 16.3 Å². The van der Waals surface area contributed by atoms with E-state index in [2.05, 4.69) is 10.6 Å². The molecule has 1 fully saturated rings. The molecule has 28 heavy (non-hydrogen) atoms. The fourth-order valence-electron chi connectivity index (χ4n) is 2.78. The van der Waals surface area contributed by atoms with Crippen molar-refractivity contribution in [3.63, 3.8) is 0 Å². The van der Waals surface area contributed by atoms with E-state index in [-0.39, 0.29) is 5.91 Å². The van der Waals surface area contributed by atoms with Gasteiger partial charge in [0, 0.05) is 23.0 Å². The number of carbonyl (C=O) groups excluding carboxylic acids is 2. The quantitative estimate of drug-likeness (QED) is 0.385. The third-order valence-corrected chi connectivity index (χ3v) is 5.24. The zero-order valence-corrected chi connectivity index (χ0v) is 16.1. The Morgan fingerprint density at radius 1 is 1.11 bits per heavy atom. The Hall–Kier alpha value is -3.23. The second kappa shape index (κ2) is 7.79. The summed E-state index contributed by atoms with van der Waals surface area (Å²) in [6, 6.07) is 17.1. The molecule has 0 unspecified atom stereocenters. The smallest absolute Gasteiger partial charge is 0.263 e. The number of benzene rings is 2. The Bertz CT molecular complexity index is 1090. The number of carbonyl (C=O) groups is 2. The maximum atomic E-state index is 12.1. The van der Waals surface area contributed by atoms with Gasteiger partial charge in [0.1, 0.15) is 4.32 Å². The Labute approximate surface area is 170 Å². The summed E-state index contributed by atoms with van der Waals surface area (Å²) in [5, 5.41) is 9.96. The topological polar surface area (TPSA) is 76.0 Å². The van der Waals surface area contributed by atoms with Crippen LogP contribution in [0.1, 0.15) is 5.56 Å². The molecule has 0 spiro atoms. The summed E-state index contributed by atoms with van der Waals surface area (Å²) in [7, 11) is 0. The predicted molar refractivity (Wildman–Crippen MR) is 115 cm³/mol. The van der Waals surface area contributed by atoms with Crippen LogP contribution < -0.4 is 10.6 Å². The molecule has 0 atom stereocenters. The molecular formula is C20H14N4O2S2. The second-order valence-corrected chi connectivity index (χ2v) is 7.62. The van der Waals surface area contributed by atoms with E-state index in [1.807, 2.05) is 48.7 Å². The van der Waals surface area contributed by atoms with E-state index in [4.69, 9.17) is 17.3 Å². The highest BCUT2D eigenvalue weighted by Crippen LogP contribution is 2.31. The number of anilines is 1. The normalized spacial score (nSPS) is 14.9. The summed E-state index contributed by atoms with van der Waals surface area (Å²) in [6.07, 6.45) is 4.30. The third kappa shape index (κ3) is 3.73. The van der Waals surface area contributed by atoms with Crippen LogP contribution in [0, 0.1) is 0 Å². The summed E-state index contributed by atoms with van der Waals surface area (Å²) in [5.41, 5.74) is 3.98. The molecule has 2 amide bonds. The van der Waals surface area contributed by atoms with Gasteiger partial charge >= 0.3 is 0 Å². The van der Waals surface area contributed by atoms with Gasteiger partial charge in [0.15, 0.2) is 0 Å². The van der Waals surface area contributed by atoms with E-state index in [0.717, 1.165) is 22.5 Å². The standard InChI is InChI=1S/C20H14N4O2S2/c25-12-21-15-8-6-13(7-9-15)18-14(10-17-19(26)22-20(27)28-17)11-24(23-18)16-4-2-1-3-5-16/h1-12H,(H,21,25)(H,22,26,27)/b17-10-. The molecule has 2 heterocycles. The third-order valence-electron chi connectivity index (χ3n) is 4.08. The minimum Gasteiger partial charge on any atom is -0.329 e. The predicted octanol–water partition coefficient (Wildman–Crippen LogP) is 3.60. The lowest BCUT2D eigenvalue weighted by Crippen LogP contribution is -2.17. The van der Waals surface area contributed by atoms with Crippen molar-refractivity contribution in [2.24, 2.45) is 0 Å². The molecule has 0 aliphatic carbocycles. The van der Waals surface area contributed by atoms with Crippen LogP contribution in [0.4, 0.5) is 5.69 Å². The van der Waals surface area contributed by atoms with Gasteiger partial charge in [-0.05, 0) is 30.3 Å². The Kier molecular flexibility index (Phi) is 5.05. The van der Waals surface area contributed by atoms with Crippen LogP contribution in [0.15, 0.2) is 65.7 Å². The molecule has 0 radical (unpaired) electrons. The van der Waals surface area contributed by atoms with E-state index in [9.17, 15) is 9.59 Å². The number of nitrogens with one attached hydrogen (secondary N) is 2. The van der Waals surface area contributed by atoms with Crippen LogP contribution in [-0.4, -0.2) is 26.4 Å². The van der Waals surface area contributed by atoms with Crippen LogP contribution >= 0.6 is 24.0 Å². The zero-order chi connectivity index (χ0) is 19.5. The lowest BCUT2D eigenvalue weighted by atomic mass is 10.1. The number of thiocarbonyl (C=S) groups is 1. The van der Waals surface area contributed by atoms with Gasteiger partial charge in [-0.1, -0.05) is 54.3 Å². The van der Waals surface area contributed by atoms with Crippen molar-refractivity contribution >= 4 is 52.4 Å². The van der Waals surface area contributed by atoms with Crippen LogP contribution in [-0.2, 0) is 9.59 Å². The van der Waals surface area contributed by atoms with E-state index >= 15 is 0 Å². The lowest BCUT2D eigenvalue weighted by molar-refractivity contribution is -0.115. The maximum Gasteiger partial charge on any atom is 0.263 e. The molecule has 1 aliphatic heterocycles. The molecule has 3 aromatic rings. The molecule has 138 valence electrons. The molecule has 6 nitrogen and oxygen atoms in total. The van der Waals surface area contributed by atoms with Gasteiger partial charge < -0.3 is 10.6 Å². The zero-order valence-electron chi connectivity index (χ0n) is 14.5. The summed E-state index contributed by atoms with van der Waals surface area (Å²) >= 11 is 6.30. The van der Waals surface area contributed by atoms with Gasteiger partial charge in [-0.3, -0.25) is 9.59 Å². The minimum atomic E-state index is -0.209. The first-order valence-corrected chi connectivity index (χ1v) is 9.57. The van der Waals surface area contributed by atoms with Crippen LogP contribution in [0.25, 0.3) is 23.0 Å². The first kappa shape index (κ1) is 18.1. The number of thioether (sulfide) groups is 1. The Morgan fingerprint density at radius 3 is 2.50 bits per heavy atom. The van der Waals surface area contributed by atoms with Crippen LogP contribution in [0.5, 0.6) is 0 Å². The van der Waals surface area contributed by atoms with Gasteiger partial charge in [-0.25, -0.2) is 4.68 Å². The average Bonchev–Trinajstić information content (AvgIpc) is 3.26. The molecular weight excluding hydrogens is 392 g/mol. The Balaban J connectivity index is 1.80. The van der Waals surface area contributed by atoms with Crippen molar-refractivity contribution in [1.82, 2.24) is 15.1 Å². The number of aromatic nitrogens is 2. The molecule has 2 aromatic carbocycles. The molecule has 4 rings (SSSR count). The van der Waals surface area contributed by atoms with Crippen molar-refractivity contribution in [1.29, 1.82) is 0 Å². The van der Waals surface area contributed by atoms with Crippen molar-refractivity contribution in [3.05, 3.63) is 71.3 Å². The molecule has 1 aromatic heterocycles. The summed E-state index contributed by atoms with van der Waals surface area (Å²) < 4.78 is 2.22. The summed E-state index contributed by atoms with van der Waals surface area (Å²) in [6.45, 7) is 0. The highest BCUT2D eigenvalue weighted by atomic mass is 32.2. The average molecular weight is 406 g/mol. The highest BCUT2D eigenvalue weighted by Gasteiger charge is 2.23. The van der Waals surface area contributed by atoms with Crippen LogP contribution in [0.3, 0.4) is 0 Å². The van der Waals surface area contributed by atoms with Gasteiger partial charge in [-0.15, -0.1) is 0 Å². The van der Waals surface area contributed by atoms with Crippen molar-refractivity contribution in [2.75, 3.05) is 5.32 Å². The fraction of sp³-hybridized carbons (Fsp3) is 0. The molecule has 0 bridgehead atoms. The van der Waals surface area contributed by atoms with Gasteiger partial charge in [-0.2, -0.15) is 5.10 Å². The lowest BCUT2D eigenvalue weighted by Gasteiger charge is -2.03. The van der Waals surface area contributed by atoms with E-state index in [1.54, 1.807) is 22.9 Å². The molecule has 1 saturated heterocycles. The number of rotatable bonds is 5. The number of hydrogen-bond acceptors (Lipinski definition) is 5. The maximum absolute atomic E-state index is 12.1. The van der Waals surface area contributed by atoms with Crippen molar-refractivity contribution < 1.29 is 9.59 Å². The monoisotopic (exact) mass is 406 g/mol. The Morgan fingerprint density at radius 2 is 1.86 bits per heavy atom. The number of para-hydroxylation sites is 1.